The van der Waals surface area contributed by atoms with Crippen molar-refractivity contribution in [2.45, 2.75) is 25.2 Å². The van der Waals surface area contributed by atoms with Gasteiger partial charge in [0, 0.05) is 32.0 Å². The fourth-order valence-electron chi connectivity index (χ4n) is 3.16. The Labute approximate surface area is 145 Å². The molecule has 0 bridgehead atoms. The maximum Gasteiger partial charge on any atom is 0.272 e. The van der Waals surface area contributed by atoms with Crippen molar-refractivity contribution in [3.05, 3.63) is 42.2 Å². The van der Waals surface area contributed by atoms with Gasteiger partial charge in [-0.05, 0) is 12.1 Å². The number of carbonyl (C=O) groups is 1. The summed E-state index contributed by atoms with van der Waals surface area (Å²) in [5.74, 6) is 0.796. The smallest absolute Gasteiger partial charge is 0.272 e. The van der Waals surface area contributed by atoms with E-state index < -0.39 is 5.79 Å². The first-order valence-electron chi connectivity index (χ1n) is 8.40. The number of hydrogen-bond acceptors (Lipinski definition) is 7. The van der Waals surface area contributed by atoms with E-state index in [-0.39, 0.29) is 5.91 Å². The third kappa shape index (κ3) is 3.49. The second-order valence-electron chi connectivity index (χ2n) is 6.12. The zero-order valence-electron chi connectivity index (χ0n) is 13.8. The van der Waals surface area contributed by atoms with Crippen molar-refractivity contribution in [3.63, 3.8) is 0 Å². The van der Waals surface area contributed by atoms with Gasteiger partial charge in [0.2, 0.25) is 0 Å². The topological polar surface area (TPSA) is 89.7 Å². The molecule has 8 nitrogen and oxygen atoms in total. The van der Waals surface area contributed by atoms with Gasteiger partial charge < -0.3 is 24.1 Å². The maximum absolute atomic E-state index is 12.7. The van der Waals surface area contributed by atoms with Gasteiger partial charge in [-0.25, -0.2) is 9.97 Å². The highest BCUT2D eigenvalue weighted by molar-refractivity contribution is 5.93. The minimum Gasteiger partial charge on any atom is -0.467 e. The lowest BCUT2D eigenvalue weighted by molar-refractivity contribution is -0.181. The van der Waals surface area contributed by atoms with E-state index in [2.05, 4.69) is 15.3 Å². The largest absolute Gasteiger partial charge is 0.467 e. The number of carbonyl (C=O) groups excluding carboxylic acids is 1. The number of rotatable bonds is 4. The fourth-order valence-corrected chi connectivity index (χ4v) is 3.16. The summed E-state index contributed by atoms with van der Waals surface area (Å²) in [5.41, 5.74) is 0.376. The van der Waals surface area contributed by atoms with Gasteiger partial charge in [-0.1, -0.05) is 0 Å². The number of anilines is 1. The van der Waals surface area contributed by atoms with E-state index in [9.17, 15) is 4.79 Å². The summed E-state index contributed by atoms with van der Waals surface area (Å²) < 4.78 is 16.7. The van der Waals surface area contributed by atoms with Crippen molar-refractivity contribution in [2.24, 2.45) is 0 Å². The van der Waals surface area contributed by atoms with Gasteiger partial charge in [0.1, 0.15) is 23.6 Å². The number of hydrogen-bond donors (Lipinski definition) is 1. The van der Waals surface area contributed by atoms with Crippen LogP contribution >= 0.6 is 0 Å². The molecule has 0 aliphatic carbocycles. The third-order valence-corrected chi connectivity index (χ3v) is 4.54. The molecule has 0 saturated carbocycles. The molecule has 0 aromatic carbocycles. The van der Waals surface area contributed by atoms with Crippen LogP contribution in [0.15, 0.2) is 35.2 Å². The summed E-state index contributed by atoms with van der Waals surface area (Å²) >= 11 is 0. The lowest BCUT2D eigenvalue weighted by Gasteiger charge is -2.37. The average molecular weight is 344 g/mol. The number of nitrogens with zero attached hydrogens (tertiary/aromatic N) is 3. The molecular formula is C17H20N4O4. The first-order valence-corrected chi connectivity index (χ1v) is 8.40. The zero-order valence-corrected chi connectivity index (χ0v) is 13.8. The number of amides is 1. The molecule has 2 fully saturated rings. The van der Waals surface area contributed by atoms with E-state index in [4.69, 9.17) is 13.9 Å². The molecule has 132 valence electrons. The molecule has 2 aliphatic heterocycles. The third-order valence-electron chi connectivity index (χ3n) is 4.54. The van der Waals surface area contributed by atoms with Crippen LogP contribution in [-0.2, 0) is 16.0 Å². The highest BCUT2D eigenvalue weighted by Gasteiger charge is 2.41. The van der Waals surface area contributed by atoms with Crippen molar-refractivity contribution in [1.29, 1.82) is 0 Å². The Morgan fingerprint density at radius 2 is 2.04 bits per heavy atom. The van der Waals surface area contributed by atoms with Crippen LogP contribution in [0.2, 0.25) is 0 Å². The molecule has 0 radical (unpaired) electrons. The Morgan fingerprint density at radius 1 is 1.24 bits per heavy atom. The Kier molecular flexibility index (Phi) is 4.37. The fraction of sp³-hybridized carbons (Fsp3) is 0.471. The summed E-state index contributed by atoms with van der Waals surface area (Å²) in [6.07, 6.45) is 4.39. The normalized spacial score (nSPS) is 19.3. The number of furan rings is 1. The van der Waals surface area contributed by atoms with Crippen molar-refractivity contribution in [1.82, 2.24) is 14.9 Å². The minimum atomic E-state index is -0.488. The average Bonchev–Trinajstić information content (AvgIpc) is 3.33. The summed E-state index contributed by atoms with van der Waals surface area (Å²) in [5, 5.41) is 3.13. The van der Waals surface area contributed by atoms with E-state index in [1.807, 2.05) is 12.1 Å². The van der Waals surface area contributed by atoms with E-state index in [0.29, 0.717) is 57.2 Å². The van der Waals surface area contributed by atoms with Gasteiger partial charge in [-0.15, -0.1) is 0 Å². The predicted molar refractivity (Wildman–Crippen MR) is 87.8 cm³/mol. The lowest BCUT2D eigenvalue weighted by Crippen LogP contribution is -2.47. The van der Waals surface area contributed by atoms with E-state index in [1.165, 1.54) is 6.33 Å². The summed E-state index contributed by atoms with van der Waals surface area (Å²) in [4.78, 5) is 22.8. The monoisotopic (exact) mass is 344 g/mol. The maximum atomic E-state index is 12.7. The van der Waals surface area contributed by atoms with Crippen LogP contribution in [0.1, 0.15) is 29.1 Å². The van der Waals surface area contributed by atoms with Crippen LogP contribution in [0, 0.1) is 0 Å². The van der Waals surface area contributed by atoms with Gasteiger partial charge in [0.05, 0.1) is 26.0 Å². The number of piperidine rings is 1. The van der Waals surface area contributed by atoms with E-state index in [0.717, 1.165) is 5.76 Å². The minimum absolute atomic E-state index is 0.101. The lowest BCUT2D eigenvalue weighted by atomic mass is 10.0. The Bertz CT molecular complexity index is 718. The first-order chi connectivity index (χ1) is 12.2. The first kappa shape index (κ1) is 16.0. The van der Waals surface area contributed by atoms with Crippen molar-refractivity contribution < 1.29 is 18.7 Å². The molecule has 0 atom stereocenters. The van der Waals surface area contributed by atoms with Crippen LogP contribution in [0.3, 0.4) is 0 Å². The molecule has 1 amide bonds. The molecule has 25 heavy (non-hydrogen) atoms. The number of ether oxygens (including phenoxy) is 2. The SMILES string of the molecule is O=C(c1cc(NCc2ccco2)ncn1)N1CCC2(CC1)OCCO2. The Balaban J connectivity index is 1.38. The van der Waals surface area contributed by atoms with Gasteiger partial charge in [0.15, 0.2) is 5.79 Å². The Morgan fingerprint density at radius 3 is 2.76 bits per heavy atom. The highest BCUT2D eigenvalue weighted by atomic mass is 16.7. The quantitative estimate of drug-likeness (QED) is 0.902. The highest BCUT2D eigenvalue weighted by Crippen LogP contribution is 2.31. The molecule has 2 aromatic heterocycles. The summed E-state index contributed by atoms with van der Waals surface area (Å²) in [7, 11) is 0. The molecule has 4 rings (SSSR count). The zero-order chi connectivity index (χ0) is 17.1. The van der Waals surface area contributed by atoms with Crippen molar-refractivity contribution in [2.75, 3.05) is 31.6 Å². The number of nitrogens with one attached hydrogen (secondary N) is 1. The molecule has 2 aliphatic rings. The van der Waals surface area contributed by atoms with Gasteiger partial charge in [-0.2, -0.15) is 0 Å². The van der Waals surface area contributed by atoms with Crippen LogP contribution < -0.4 is 5.32 Å². The van der Waals surface area contributed by atoms with Gasteiger partial charge in [-0.3, -0.25) is 4.79 Å². The second kappa shape index (κ2) is 6.81. The van der Waals surface area contributed by atoms with Crippen LogP contribution in [0.25, 0.3) is 0 Å². The standard InChI is InChI=1S/C17H20N4O4/c22-16(21-5-3-17(4-6-21)24-8-9-25-17)14-10-15(20-12-19-14)18-11-13-2-1-7-23-13/h1-2,7,10,12H,3-6,8-9,11H2,(H,18,19,20). The van der Waals surface area contributed by atoms with Crippen molar-refractivity contribution in [3.8, 4) is 0 Å². The van der Waals surface area contributed by atoms with E-state index >= 15 is 0 Å². The Hall–Kier alpha value is -2.45. The summed E-state index contributed by atoms with van der Waals surface area (Å²) in [6, 6.07) is 5.36. The predicted octanol–water partition coefficient (Wildman–Crippen LogP) is 1.66. The van der Waals surface area contributed by atoms with Crippen molar-refractivity contribution >= 4 is 11.7 Å². The molecule has 4 heterocycles. The summed E-state index contributed by atoms with van der Waals surface area (Å²) in [6.45, 7) is 2.95. The van der Waals surface area contributed by atoms with Crippen LogP contribution in [0.4, 0.5) is 5.82 Å². The molecule has 2 aromatic rings. The van der Waals surface area contributed by atoms with Gasteiger partial charge in [0.25, 0.3) is 5.91 Å². The van der Waals surface area contributed by atoms with Crippen LogP contribution in [-0.4, -0.2) is 52.9 Å². The second-order valence-corrected chi connectivity index (χ2v) is 6.12. The molecular weight excluding hydrogens is 324 g/mol. The number of aromatic nitrogens is 2. The van der Waals surface area contributed by atoms with E-state index in [1.54, 1.807) is 17.2 Å². The van der Waals surface area contributed by atoms with Gasteiger partial charge >= 0.3 is 0 Å². The molecule has 8 heteroatoms. The van der Waals surface area contributed by atoms with Crippen LogP contribution in [0.5, 0.6) is 0 Å². The molecule has 1 N–H and O–H groups in total. The number of likely N-dealkylation sites (tertiary alicyclic amines) is 1. The molecule has 1 spiro atoms. The molecule has 2 saturated heterocycles. The molecule has 0 unspecified atom stereocenters.